The minimum absolute atomic E-state index is 0.173. The molecule has 0 spiro atoms. The highest BCUT2D eigenvalue weighted by Gasteiger charge is 2.21. The van der Waals surface area contributed by atoms with Crippen molar-refractivity contribution in [3.63, 3.8) is 0 Å². The van der Waals surface area contributed by atoms with Crippen molar-refractivity contribution in [3.05, 3.63) is 11.6 Å². The number of ketones is 1. The van der Waals surface area contributed by atoms with Crippen molar-refractivity contribution in [2.75, 3.05) is 0 Å². The first-order valence-corrected chi connectivity index (χ1v) is 5.71. The Morgan fingerprint density at radius 3 is 2.64 bits per heavy atom. The van der Waals surface area contributed by atoms with Gasteiger partial charge in [0, 0.05) is 11.8 Å². The number of carbonyl (C=O) groups is 1. The molecule has 0 heterocycles. The Hall–Kier alpha value is -0.590. The van der Waals surface area contributed by atoms with Crippen molar-refractivity contribution in [3.8, 4) is 0 Å². The molecule has 0 unspecified atom stereocenters. The van der Waals surface area contributed by atoms with Gasteiger partial charge in [-0.1, -0.05) is 38.8 Å². The SMILES string of the molecule is CC(C)(C)C(=O)CC1=CCCCCC1. The summed E-state index contributed by atoms with van der Waals surface area (Å²) in [7, 11) is 0. The van der Waals surface area contributed by atoms with Crippen molar-refractivity contribution >= 4 is 5.78 Å². The van der Waals surface area contributed by atoms with E-state index in [0.717, 1.165) is 6.42 Å². The van der Waals surface area contributed by atoms with Crippen molar-refractivity contribution in [1.82, 2.24) is 0 Å². The molecule has 0 aromatic carbocycles. The molecule has 1 rings (SSSR count). The van der Waals surface area contributed by atoms with Crippen LogP contribution in [0.2, 0.25) is 0 Å². The van der Waals surface area contributed by atoms with Crippen LogP contribution in [0.3, 0.4) is 0 Å². The van der Waals surface area contributed by atoms with E-state index >= 15 is 0 Å². The predicted octanol–water partition coefficient (Wildman–Crippen LogP) is 3.88. The van der Waals surface area contributed by atoms with Gasteiger partial charge in [-0.25, -0.2) is 0 Å². The Balaban J connectivity index is 2.50. The van der Waals surface area contributed by atoms with Crippen LogP contribution in [0.15, 0.2) is 11.6 Å². The second-order valence-electron chi connectivity index (χ2n) is 5.31. The van der Waals surface area contributed by atoms with Gasteiger partial charge in [0.15, 0.2) is 0 Å². The molecule has 1 aliphatic carbocycles. The molecule has 0 saturated heterocycles. The minimum atomic E-state index is -0.173. The Kier molecular flexibility index (Phi) is 3.91. The fourth-order valence-corrected chi connectivity index (χ4v) is 1.71. The van der Waals surface area contributed by atoms with Gasteiger partial charge in [-0.3, -0.25) is 4.79 Å². The van der Waals surface area contributed by atoms with Crippen molar-refractivity contribution in [2.24, 2.45) is 5.41 Å². The third-order valence-electron chi connectivity index (χ3n) is 2.86. The third kappa shape index (κ3) is 3.65. The van der Waals surface area contributed by atoms with E-state index in [9.17, 15) is 4.79 Å². The fourth-order valence-electron chi connectivity index (χ4n) is 1.71. The van der Waals surface area contributed by atoms with E-state index in [0.29, 0.717) is 12.2 Å². The van der Waals surface area contributed by atoms with E-state index in [4.69, 9.17) is 0 Å². The van der Waals surface area contributed by atoms with Crippen LogP contribution >= 0.6 is 0 Å². The number of Topliss-reactive ketones (excluding diaryl/α,β-unsaturated/α-hetero) is 1. The molecule has 0 saturated carbocycles. The van der Waals surface area contributed by atoms with Crippen molar-refractivity contribution in [1.29, 1.82) is 0 Å². The minimum Gasteiger partial charge on any atom is -0.299 e. The van der Waals surface area contributed by atoms with Gasteiger partial charge in [0.1, 0.15) is 5.78 Å². The van der Waals surface area contributed by atoms with Crippen LogP contribution in [0, 0.1) is 5.41 Å². The van der Waals surface area contributed by atoms with Gasteiger partial charge in [0.05, 0.1) is 0 Å². The number of allylic oxidation sites excluding steroid dienone is 2. The van der Waals surface area contributed by atoms with E-state index in [2.05, 4.69) is 6.08 Å². The number of rotatable bonds is 2. The first-order valence-electron chi connectivity index (χ1n) is 5.71. The van der Waals surface area contributed by atoms with Crippen LogP contribution in [0.25, 0.3) is 0 Å². The van der Waals surface area contributed by atoms with Gasteiger partial charge in [-0.15, -0.1) is 0 Å². The summed E-state index contributed by atoms with van der Waals surface area (Å²) >= 11 is 0. The van der Waals surface area contributed by atoms with Crippen LogP contribution in [0.4, 0.5) is 0 Å². The summed E-state index contributed by atoms with van der Waals surface area (Å²) in [4.78, 5) is 11.8. The number of carbonyl (C=O) groups excluding carboxylic acids is 1. The van der Waals surface area contributed by atoms with E-state index in [1.807, 2.05) is 20.8 Å². The summed E-state index contributed by atoms with van der Waals surface area (Å²) in [5.41, 5.74) is 1.20. The van der Waals surface area contributed by atoms with Crippen LogP contribution in [-0.2, 0) is 4.79 Å². The van der Waals surface area contributed by atoms with Gasteiger partial charge >= 0.3 is 0 Å². The first kappa shape index (κ1) is 11.5. The largest absolute Gasteiger partial charge is 0.299 e. The predicted molar refractivity (Wildman–Crippen MR) is 60.2 cm³/mol. The summed E-state index contributed by atoms with van der Waals surface area (Å²) in [6, 6.07) is 0. The normalized spacial score (nSPS) is 18.6. The van der Waals surface area contributed by atoms with Crippen LogP contribution in [-0.4, -0.2) is 5.78 Å². The zero-order chi connectivity index (χ0) is 10.6. The summed E-state index contributed by atoms with van der Waals surface area (Å²) in [5.74, 6) is 0.380. The molecular weight excluding hydrogens is 172 g/mol. The first-order chi connectivity index (χ1) is 6.50. The second-order valence-corrected chi connectivity index (χ2v) is 5.31. The molecule has 0 bridgehead atoms. The standard InChI is InChI=1S/C13H22O/c1-13(2,3)12(14)10-11-8-6-4-5-7-9-11/h8H,4-7,9-10H2,1-3H3. The Labute approximate surface area is 87.6 Å². The lowest BCUT2D eigenvalue weighted by Crippen LogP contribution is -2.20. The molecule has 1 aliphatic rings. The molecule has 0 aromatic rings. The summed E-state index contributed by atoms with van der Waals surface area (Å²) in [5, 5.41) is 0. The van der Waals surface area contributed by atoms with Crippen LogP contribution in [0.5, 0.6) is 0 Å². The second kappa shape index (κ2) is 4.77. The average Bonchev–Trinajstić information content (AvgIpc) is 2.31. The van der Waals surface area contributed by atoms with Gasteiger partial charge in [0.2, 0.25) is 0 Å². The molecule has 0 atom stereocenters. The van der Waals surface area contributed by atoms with Crippen LogP contribution < -0.4 is 0 Å². The molecule has 0 amide bonds. The molecule has 0 aromatic heterocycles. The Morgan fingerprint density at radius 2 is 2.00 bits per heavy atom. The van der Waals surface area contributed by atoms with Gasteiger partial charge in [-0.05, 0) is 25.7 Å². The molecule has 80 valence electrons. The summed E-state index contributed by atoms with van der Waals surface area (Å²) in [6.07, 6.45) is 9.18. The maximum atomic E-state index is 11.8. The van der Waals surface area contributed by atoms with E-state index in [1.165, 1.54) is 31.3 Å². The van der Waals surface area contributed by atoms with Gasteiger partial charge < -0.3 is 0 Å². The van der Waals surface area contributed by atoms with Crippen LogP contribution in [0.1, 0.15) is 59.3 Å². The fraction of sp³-hybridized carbons (Fsp3) is 0.769. The van der Waals surface area contributed by atoms with Crippen molar-refractivity contribution < 1.29 is 4.79 Å². The molecule has 0 N–H and O–H groups in total. The molecule has 0 radical (unpaired) electrons. The van der Waals surface area contributed by atoms with Gasteiger partial charge in [0.25, 0.3) is 0 Å². The zero-order valence-corrected chi connectivity index (χ0v) is 9.73. The number of hydrogen-bond acceptors (Lipinski definition) is 1. The topological polar surface area (TPSA) is 17.1 Å². The highest BCUT2D eigenvalue weighted by Crippen LogP contribution is 2.24. The Morgan fingerprint density at radius 1 is 1.29 bits per heavy atom. The smallest absolute Gasteiger partial charge is 0.142 e. The summed E-state index contributed by atoms with van der Waals surface area (Å²) in [6.45, 7) is 6.02. The molecule has 14 heavy (non-hydrogen) atoms. The lowest BCUT2D eigenvalue weighted by Gasteiger charge is -2.17. The average molecular weight is 194 g/mol. The highest BCUT2D eigenvalue weighted by molar-refractivity contribution is 5.85. The van der Waals surface area contributed by atoms with E-state index in [1.54, 1.807) is 0 Å². The monoisotopic (exact) mass is 194 g/mol. The van der Waals surface area contributed by atoms with E-state index < -0.39 is 0 Å². The summed E-state index contributed by atoms with van der Waals surface area (Å²) < 4.78 is 0. The van der Waals surface area contributed by atoms with Gasteiger partial charge in [-0.2, -0.15) is 0 Å². The quantitative estimate of drug-likeness (QED) is 0.610. The number of hydrogen-bond donors (Lipinski definition) is 0. The molecule has 1 heteroatoms. The van der Waals surface area contributed by atoms with E-state index in [-0.39, 0.29) is 5.41 Å². The highest BCUT2D eigenvalue weighted by atomic mass is 16.1. The molecule has 1 nitrogen and oxygen atoms in total. The molecule has 0 fully saturated rings. The zero-order valence-electron chi connectivity index (χ0n) is 9.73. The lowest BCUT2D eigenvalue weighted by atomic mass is 9.86. The molecular formula is C13H22O. The molecule has 0 aliphatic heterocycles. The maximum absolute atomic E-state index is 11.8. The van der Waals surface area contributed by atoms with Crippen molar-refractivity contribution in [2.45, 2.75) is 59.3 Å². The maximum Gasteiger partial charge on any atom is 0.142 e. The Bertz CT molecular complexity index is 230. The lowest BCUT2D eigenvalue weighted by molar-refractivity contribution is -0.125. The third-order valence-corrected chi connectivity index (χ3v) is 2.86.